The summed E-state index contributed by atoms with van der Waals surface area (Å²) in [5.41, 5.74) is 6.19. The first-order valence-electron chi connectivity index (χ1n) is 7.56. The van der Waals surface area contributed by atoms with E-state index in [9.17, 15) is 4.79 Å². The predicted octanol–water partition coefficient (Wildman–Crippen LogP) is 1.74. The zero-order valence-electron chi connectivity index (χ0n) is 13.2. The van der Waals surface area contributed by atoms with Crippen LogP contribution >= 0.6 is 0 Å². The van der Waals surface area contributed by atoms with Crippen molar-refractivity contribution in [3.63, 3.8) is 0 Å². The van der Waals surface area contributed by atoms with Gasteiger partial charge in [0.05, 0.1) is 6.04 Å². The largest absolute Gasteiger partial charge is 0.352 e. The SMILES string of the molecule is CCC(C)[C@H](N)C(=O)NC1CCN(C(C)(C)C)CC1. The van der Waals surface area contributed by atoms with Crippen LogP contribution in [0.4, 0.5) is 0 Å². The molecule has 0 aliphatic carbocycles. The minimum Gasteiger partial charge on any atom is -0.352 e. The molecule has 1 heterocycles. The van der Waals surface area contributed by atoms with Crippen LogP contribution in [-0.4, -0.2) is 41.5 Å². The summed E-state index contributed by atoms with van der Waals surface area (Å²) in [7, 11) is 0. The Balaban J connectivity index is 2.39. The van der Waals surface area contributed by atoms with Crippen molar-refractivity contribution in [2.45, 2.75) is 71.5 Å². The molecule has 2 atom stereocenters. The molecule has 1 unspecified atom stereocenters. The van der Waals surface area contributed by atoms with E-state index in [0.717, 1.165) is 32.4 Å². The summed E-state index contributed by atoms with van der Waals surface area (Å²) >= 11 is 0. The molecule has 0 aromatic carbocycles. The van der Waals surface area contributed by atoms with E-state index in [1.54, 1.807) is 0 Å². The third-order valence-electron chi connectivity index (χ3n) is 4.35. The van der Waals surface area contributed by atoms with Crippen molar-refractivity contribution >= 4 is 5.91 Å². The van der Waals surface area contributed by atoms with Crippen LogP contribution in [-0.2, 0) is 4.79 Å². The highest BCUT2D eigenvalue weighted by atomic mass is 16.2. The van der Waals surface area contributed by atoms with Crippen LogP contribution in [0.15, 0.2) is 0 Å². The van der Waals surface area contributed by atoms with Crippen molar-refractivity contribution < 1.29 is 4.79 Å². The van der Waals surface area contributed by atoms with E-state index < -0.39 is 0 Å². The van der Waals surface area contributed by atoms with Crippen molar-refractivity contribution in [2.24, 2.45) is 11.7 Å². The molecule has 0 aromatic rings. The van der Waals surface area contributed by atoms with Gasteiger partial charge in [-0.1, -0.05) is 20.3 Å². The molecular formula is C15H31N3O. The topological polar surface area (TPSA) is 58.4 Å². The van der Waals surface area contributed by atoms with Gasteiger partial charge in [-0.05, 0) is 39.5 Å². The monoisotopic (exact) mass is 269 g/mol. The Bertz CT molecular complexity index is 290. The van der Waals surface area contributed by atoms with E-state index >= 15 is 0 Å². The number of hydrogen-bond acceptors (Lipinski definition) is 3. The minimum atomic E-state index is -0.370. The minimum absolute atomic E-state index is 0.0172. The van der Waals surface area contributed by atoms with Gasteiger partial charge in [0, 0.05) is 24.7 Å². The molecule has 112 valence electrons. The fourth-order valence-electron chi connectivity index (χ4n) is 2.50. The van der Waals surface area contributed by atoms with E-state index in [-0.39, 0.29) is 23.4 Å². The van der Waals surface area contributed by atoms with Crippen molar-refractivity contribution in [1.82, 2.24) is 10.2 Å². The average Bonchev–Trinajstić information content (AvgIpc) is 2.36. The quantitative estimate of drug-likeness (QED) is 0.817. The molecule has 1 fully saturated rings. The summed E-state index contributed by atoms with van der Waals surface area (Å²) in [6, 6.07) is -0.0770. The third kappa shape index (κ3) is 4.77. The summed E-state index contributed by atoms with van der Waals surface area (Å²) in [5, 5.41) is 3.12. The molecule has 0 bridgehead atoms. The van der Waals surface area contributed by atoms with Crippen molar-refractivity contribution in [3.8, 4) is 0 Å². The molecule has 1 amide bonds. The highest BCUT2D eigenvalue weighted by molar-refractivity contribution is 5.82. The maximum atomic E-state index is 12.0. The number of carbonyl (C=O) groups is 1. The molecule has 19 heavy (non-hydrogen) atoms. The van der Waals surface area contributed by atoms with E-state index in [1.807, 2.05) is 6.92 Å². The smallest absolute Gasteiger partial charge is 0.237 e. The van der Waals surface area contributed by atoms with Gasteiger partial charge in [-0.25, -0.2) is 0 Å². The van der Waals surface area contributed by atoms with Crippen LogP contribution in [0.25, 0.3) is 0 Å². The van der Waals surface area contributed by atoms with Crippen LogP contribution in [0.1, 0.15) is 53.9 Å². The molecule has 1 aliphatic rings. The average molecular weight is 269 g/mol. The summed E-state index contributed by atoms with van der Waals surface area (Å²) < 4.78 is 0. The Kier molecular flexibility index (Phi) is 5.81. The van der Waals surface area contributed by atoms with Gasteiger partial charge in [0.15, 0.2) is 0 Å². The first-order chi connectivity index (χ1) is 8.75. The van der Waals surface area contributed by atoms with Crippen LogP contribution < -0.4 is 11.1 Å². The number of rotatable bonds is 4. The lowest BCUT2D eigenvalue weighted by Gasteiger charge is -2.41. The lowest BCUT2D eigenvalue weighted by Crippen LogP contribution is -2.54. The van der Waals surface area contributed by atoms with E-state index in [4.69, 9.17) is 5.73 Å². The lowest BCUT2D eigenvalue weighted by atomic mass is 9.96. The van der Waals surface area contributed by atoms with E-state index in [0.29, 0.717) is 6.04 Å². The number of nitrogens with two attached hydrogens (primary N) is 1. The normalized spacial score (nSPS) is 22.0. The zero-order chi connectivity index (χ0) is 14.6. The highest BCUT2D eigenvalue weighted by Gasteiger charge is 2.29. The van der Waals surface area contributed by atoms with Crippen molar-refractivity contribution in [1.29, 1.82) is 0 Å². The summed E-state index contributed by atoms with van der Waals surface area (Å²) in [6.07, 6.45) is 2.99. The maximum Gasteiger partial charge on any atom is 0.237 e. The van der Waals surface area contributed by atoms with Gasteiger partial charge in [-0.3, -0.25) is 9.69 Å². The summed E-state index contributed by atoms with van der Waals surface area (Å²) in [6.45, 7) is 12.9. The summed E-state index contributed by atoms with van der Waals surface area (Å²) in [5.74, 6) is 0.262. The van der Waals surface area contributed by atoms with Gasteiger partial charge >= 0.3 is 0 Å². The van der Waals surface area contributed by atoms with Crippen molar-refractivity contribution in [3.05, 3.63) is 0 Å². The number of nitrogens with zero attached hydrogens (tertiary/aromatic N) is 1. The van der Waals surface area contributed by atoms with Gasteiger partial charge in [0.25, 0.3) is 0 Å². The fraction of sp³-hybridized carbons (Fsp3) is 0.933. The second kappa shape index (κ2) is 6.71. The van der Waals surface area contributed by atoms with E-state index in [2.05, 4.69) is 37.9 Å². The third-order valence-corrected chi connectivity index (χ3v) is 4.35. The molecule has 3 N–H and O–H groups in total. The van der Waals surface area contributed by atoms with Crippen LogP contribution in [0, 0.1) is 5.92 Å². The van der Waals surface area contributed by atoms with Gasteiger partial charge in [0.2, 0.25) is 5.91 Å². The Morgan fingerprint density at radius 2 is 1.89 bits per heavy atom. The molecule has 4 heteroatoms. The summed E-state index contributed by atoms with van der Waals surface area (Å²) in [4.78, 5) is 14.5. The highest BCUT2D eigenvalue weighted by Crippen LogP contribution is 2.20. The molecule has 1 saturated heterocycles. The van der Waals surface area contributed by atoms with E-state index in [1.165, 1.54) is 0 Å². The maximum absolute atomic E-state index is 12.0. The second-order valence-electron chi connectivity index (χ2n) is 6.85. The fourth-order valence-corrected chi connectivity index (χ4v) is 2.50. The molecule has 0 saturated carbocycles. The number of likely N-dealkylation sites (tertiary alicyclic amines) is 1. The first-order valence-corrected chi connectivity index (χ1v) is 7.56. The van der Waals surface area contributed by atoms with Gasteiger partial charge in [-0.15, -0.1) is 0 Å². The first kappa shape index (κ1) is 16.4. The van der Waals surface area contributed by atoms with Gasteiger partial charge in [0.1, 0.15) is 0 Å². The Morgan fingerprint density at radius 1 is 1.37 bits per heavy atom. The number of hydrogen-bond donors (Lipinski definition) is 2. The number of nitrogens with one attached hydrogen (secondary N) is 1. The van der Waals surface area contributed by atoms with Gasteiger partial charge < -0.3 is 11.1 Å². The molecule has 4 nitrogen and oxygen atoms in total. The molecular weight excluding hydrogens is 238 g/mol. The zero-order valence-corrected chi connectivity index (χ0v) is 13.2. The van der Waals surface area contributed by atoms with Gasteiger partial charge in [-0.2, -0.15) is 0 Å². The molecule has 0 spiro atoms. The Labute approximate surface area is 118 Å². The number of carbonyl (C=O) groups excluding carboxylic acids is 1. The molecule has 1 rings (SSSR count). The standard InChI is InChI=1S/C15H31N3O/c1-6-11(2)13(16)14(19)17-12-7-9-18(10-8-12)15(3,4)5/h11-13H,6-10,16H2,1-5H3,(H,17,19)/t11?,13-/m0/s1. The number of amides is 1. The number of piperidine rings is 1. The Hall–Kier alpha value is -0.610. The molecule has 0 aromatic heterocycles. The van der Waals surface area contributed by atoms with Crippen LogP contribution in [0.5, 0.6) is 0 Å². The van der Waals surface area contributed by atoms with Crippen molar-refractivity contribution in [2.75, 3.05) is 13.1 Å². The second-order valence-corrected chi connectivity index (χ2v) is 6.85. The van der Waals surface area contributed by atoms with Crippen LogP contribution in [0.2, 0.25) is 0 Å². The molecule has 0 radical (unpaired) electrons. The predicted molar refractivity (Wildman–Crippen MR) is 79.9 cm³/mol. The molecule has 1 aliphatic heterocycles. The lowest BCUT2D eigenvalue weighted by molar-refractivity contribution is -0.124. The van der Waals surface area contributed by atoms with Crippen LogP contribution in [0.3, 0.4) is 0 Å². The Morgan fingerprint density at radius 3 is 2.32 bits per heavy atom.